The number of hydrogen-bond acceptors (Lipinski definition) is 6. The summed E-state index contributed by atoms with van der Waals surface area (Å²) in [6.07, 6.45) is 2.37. The highest BCUT2D eigenvalue weighted by Crippen LogP contribution is 2.40. The van der Waals surface area contributed by atoms with Crippen LogP contribution in [0.25, 0.3) is 0 Å². The summed E-state index contributed by atoms with van der Waals surface area (Å²) in [4.78, 5) is 0. The summed E-state index contributed by atoms with van der Waals surface area (Å²) in [5.41, 5.74) is 0.532. The normalized spacial score (nSPS) is 23.3. The van der Waals surface area contributed by atoms with Crippen molar-refractivity contribution in [3.63, 3.8) is 0 Å². The van der Waals surface area contributed by atoms with Gasteiger partial charge in [-0.15, -0.1) is 23.7 Å². The summed E-state index contributed by atoms with van der Waals surface area (Å²) < 4.78 is 50.5. The molecule has 7 nitrogen and oxygen atoms in total. The predicted molar refractivity (Wildman–Crippen MR) is 100 cm³/mol. The van der Waals surface area contributed by atoms with Crippen molar-refractivity contribution < 1.29 is 16.8 Å². The van der Waals surface area contributed by atoms with E-state index >= 15 is 0 Å². The zero-order valence-corrected chi connectivity index (χ0v) is 17.4. The van der Waals surface area contributed by atoms with Gasteiger partial charge in [-0.2, -0.15) is 4.31 Å². The number of nitrogens with one attached hydrogen (secondary N) is 1. The molecule has 3 N–H and O–H groups in total. The molecule has 1 unspecified atom stereocenters. The molecule has 0 spiro atoms. The molecule has 11 heteroatoms. The number of nitrogens with zero attached hydrogens (tertiary/aromatic N) is 1. The number of fused-ring (bicyclic) bond motifs is 1. The molecule has 1 aromatic heterocycles. The molecule has 1 fully saturated rings. The van der Waals surface area contributed by atoms with Gasteiger partial charge in [-0.3, -0.25) is 0 Å². The van der Waals surface area contributed by atoms with E-state index in [2.05, 4.69) is 5.32 Å². The fraction of sp³-hybridized carbons (Fsp3) is 0.714. The average molecular weight is 430 g/mol. The minimum atomic E-state index is -3.92. The van der Waals surface area contributed by atoms with Crippen LogP contribution in [0.15, 0.2) is 14.5 Å². The van der Waals surface area contributed by atoms with Crippen LogP contribution in [0.2, 0.25) is 0 Å². The van der Waals surface area contributed by atoms with Gasteiger partial charge in [0.2, 0.25) is 10.0 Å². The number of rotatable bonds is 6. The largest absolute Gasteiger partial charge is 0.308 e. The Morgan fingerprint density at radius 3 is 2.56 bits per heavy atom. The van der Waals surface area contributed by atoms with Crippen molar-refractivity contribution in [2.24, 2.45) is 17.0 Å². The number of hydrogen-bond donors (Lipinski definition) is 2. The van der Waals surface area contributed by atoms with Crippen molar-refractivity contribution in [1.29, 1.82) is 0 Å². The van der Waals surface area contributed by atoms with Crippen molar-refractivity contribution in [2.45, 2.75) is 41.1 Å². The summed E-state index contributed by atoms with van der Waals surface area (Å²) in [5, 5.41) is 8.61. The summed E-state index contributed by atoms with van der Waals surface area (Å²) in [7, 11) is -7.60. The second-order valence-corrected chi connectivity index (χ2v) is 11.9. The van der Waals surface area contributed by atoms with Crippen molar-refractivity contribution >= 4 is 43.8 Å². The zero-order valence-electron chi connectivity index (χ0n) is 14.1. The third-order valence-corrected chi connectivity index (χ3v) is 9.17. The molecular weight excluding hydrogens is 406 g/mol. The van der Waals surface area contributed by atoms with Gasteiger partial charge in [0, 0.05) is 24.7 Å². The van der Waals surface area contributed by atoms with Gasteiger partial charge < -0.3 is 5.32 Å². The van der Waals surface area contributed by atoms with E-state index in [1.165, 1.54) is 23.2 Å². The number of halogens is 1. The van der Waals surface area contributed by atoms with E-state index in [9.17, 15) is 16.8 Å². The standard InChI is InChI=1S/C14H23N3O4S3.ClH/c1-9(2)7-17-8-12(16-6-10-3-4-10)11-5-13(23(15,18)19)22-14(11)24(17,20)21;/h5,9-10,12,16H,3-4,6-8H2,1-2H3,(H2,15,18,19);1H. The molecule has 0 bridgehead atoms. The summed E-state index contributed by atoms with van der Waals surface area (Å²) in [5.74, 6) is 0.824. The quantitative estimate of drug-likeness (QED) is 0.712. The maximum Gasteiger partial charge on any atom is 0.253 e. The first-order valence-electron chi connectivity index (χ1n) is 7.99. The first kappa shape index (κ1) is 21.1. The lowest BCUT2D eigenvalue weighted by atomic mass is 10.1. The topological polar surface area (TPSA) is 110 Å². The molecule has 3 rings (SSSR count). The second kappa shape index (κ2) is 7.41. The van der Waals surface area contributed by atoms with Gasteiger partial charge in [-0.05, 0) is 37.3 Å². The minimum Gasteiger partial charge on any atom is -0.308 e. The molecule has 2 aliphatic rings. The zero-order chi connectivity index (χ0) is 17.7. The lowest BCUT2D eigenvalue weighted by Crippen LogP contribution is -2.45. The van der Waals surface area contributed by atoms with Crippen molar-refractivity contribution in [2.75, 3.05) is 19.6 Å². The van der Waals surface area contributed by atoms with Gasteiger partial charge in [0.05, 0.1) is 0 Å². The third kappa shape index (κ3) is 4.55. The van der Waals surface area contributed by atoms with Gasteiger partial charge in [-0.25, -0.2) is 22.0 Å². The van der Waals surface area contributed by atoms with Crippen LogP contribution >= 0.6 is 23.7 Å². The van der Waals surface area contributed by atoms with Crippen LogP contribution in [0.5, 0.6) is 0 Å². The van der Waals surface area contributed by atoms with E-state index in [1.54, 1.807) is 0 Å². The first-order valence-corrected chi connectivity index (χ1v) is 11.8. The highest BCUT2D eigenvalue weighted by Gasteiger charge is 2.40. The van der Waals surface area contributed by atoms with E-state index in [1.807, 2.05) is 13.8 Å². The Labute approximate surface area is 159 Å². The Morgan fingerprint density at radius 2 is 2.04 bits per heavy atom. The smallest absolute Gasteiger partial charge is 0.253 e. The number of sulfonamides is 2. The molecule has 2 heterocycles. The molecule has 1 saturated carbocycles. The van der Waals surface area contributed by atoms with Gasteiger partial charge in [0.1, 0.15) is 8.42 Å². The van der Waals surface area contributed by atoms with Crippen LogP contribution in [0.4, 0.5) is 0 Å². The second-order valence-electron chi connectivity index (χ2n) is 6.97. The average Bonchev–Trinajstić information content (AvgIpc) is 3.14. The predicted octanol–water partition coefficient (Wildman–Crippen LogP) is 1.52. The molecule has 1 aromatic rings. The van der Waals surface area contributed by atoms with Crippen LogP contribution in [0.3, 0.4) is 0 Å². The van der Waals surface area contributed by atoms with Gasteiger partial charge in [-0.1, -0.05) is 13.8 Å². The van der Waals surface area contributed by atoms with E-state index in [4.69, 9.17) is 5.14 Å². The molecule has 25 heavy (non-hydrogen) atoms. The lowest BCUT2D eigenvalue weighted by molar-refractivity contribution is 0.313. The Morgan fingerprint density at radius 1 is 1.40 bits per heavy atom. The van der Waals surface area contributed by atoms with E-state index in [-0.39, 0.29) is 32.8 Å². The molecule has 144 valence electrons. The number of nitrogens with two attached hydrogens (primary N) is 1. The summed E-state index contributed by atoms with van der Waals surface area (Å²) in [6, 6.07) is 1.22. The monoisotopic (exact) mass is 429 g/mol. The fourth-order valence-corrected chi connectivity index (χ4v) is 7.28. The Balaban J connectivity index is 0.00000225. The van der Waals surface area contributed by atoms with Crippen LogP contribution in [-0.4, -0.2) is 40.8 Å². The van der Waals surface area contributed by atoms with E-state index < -0.39 is 20.0 Å². The molecule has 0 aromatic carbocycles. The molecular formula is C14H24ClN3O4S3. The molecule has 0 saturated heterocycles. The molecule has 0 radical (unpaired) electrons. The maximum absolute atomic E-state index is 12.8. The van der Waals surface area contributed by atoms with Crippen LogP contribution in [0.1, 0.15) is 38.3 Å². The molecule has 1 atom stereocenters. The Kier molecular flexibility index (Phi) is 6.25. The highest BCUT2D eigenvalue weighted by atomic mass is 35.5. The van der Waals surface area contributed by atoms with Gasteiger partial charge >= 0.3 is 0 Å². The minimum absolute atomic E-state index is 0. The van der Waals surface area contributed by atoms with Crippen LogP contribution < -0.4 is 10.5 Å². The van der Waals surface area contributed by atoms with Crippen LogP contribution in [-0.2, 0) is 20.0 Å². The fourth-order valence-electron chi connectivity index (χ4n) is 2.85. The van der Waals surface area contributed by atoms with Gasteiger partial charge in [0.15, 0.2) is 0 Å². The Hall–Kier alpha value is -0.230. The number of thiophene rings is 1. The first-order chi connectivity index (χ1) is 11.1. The molecule has 1 aliphatic carbocycles. The van der Waals surface area contributed by atoms with Gasteiger partial charge in [0.25, 0.3) is 10.0 Å². The van der Waals surface area contributed by atoms with Crippen molar-refractivity contribution in [1.82, 2.24) is 9.62 Å². The number of primary sulfonamides is 1. The SMILES string of the molecule is CC(C)CN1CC(NCC2CC2)c2cc(S(N)(=O)=O)sc2S1(=O)=O.Cl. The summed E-state index contributed by atoms with van der Waals surface area (Å²) >= 11 is 0.751. The Bertz CT molecular complexity index is 832. The summed E-state index contributed by atoms with van der Waals surface area (Å²) in [6.45, 7) is 5.47. The lowest BCUT2D eigenvalue weighted by Gasteiger charge is -2.33. The molecule has 1 aliphatic heterocycles. The maximum atomic E-state index is 12.8. The molecule has 0 amide bonds. The van der Waals surface area contributed by atoms with Crippen molar-refractivity contribution in [3.05, 3.63) is 11.6 Å². The van der Waals surface area contributed by atoms with Crippen LogP contribution in [0, 0.1) is 11.8 Å². The third-order valence-electron chi connectivity index (χ3n) is 4.24. The van der Waals surface area contributed by atoms with E-state index in [0.717, 1.165) is 17.9 Å². The van der Waals surface area contributed by atoms with E-state index in [0.29, 0.717) is 24.6 Å². The highest BCUT2D eigenvalue weighted by molar-refractivity contribution is 7.94. The van der Waals surface area contributed by atoms with Crippen molar-refractivity contribution in [3.8, 4) is 0 Å².